The van der Waals surface area contributed by atoms with Crippen molar-refractivity contribution in [3.05, 3.63) is 182 Å². The zero-order valence-corrected chi connectivity index (χ0v) is 26.2. The fourth-order valence-electron chi connectivity index (χ4n) is 7.72. The maximum absolute atomic E-state index is 2.47. The van der Waals surface area contributed by atoms with Gasteiger partial charge in [-0.15, -0.1) is 0 Å². The molecule has 48 heavy (non-hydrogen) atoms. The SMILES string of the molecule is c1ccc(-c2cc(-c3ccccc3)cc(-n3c4ccccc4c4cc5c(cc43)c3c4ccccc4ccc3n5-c3ccccc3)c2)cc1. The lowest BCUT2D eigenvalue weighted by Gasteiger charge is -2.14. The Labute approximate surface area is 278 Å². The van der Waals surface area contributed by atoms with Crippen molar-refractivity contribution in [2.75, 3.05) is 0 Å². The molecule has 0 bridgehead atoms. The van der Waals surface area contributed by atoms with E-state index in [1.807, 2.05) is 0 Å². The molecule has 0 spiro atoms. The molecule has 0 unspecified atom stereocenters. The first-order valence-electron chi connectivity index (χ1n) is 16.5. The van der Waals surface area contributed by atoms with E-state index in [1.165, 1.54) is 82.3 Å². The van der Waals surface area contributed by atoms with Gasteiger partial charge in [0.1, 0.15) is 0 Å². The fourth-order valence-corrected chi connectivity index (χ4v) is 7.72. The highest BCUT2D eigenvalue weighted by Gasteiger charge is 2.20. The molecule has 0 aliphatic carbocycles. The molecule has 0 radical (unpaired) electrons. The van der Waals surface area contributed by atoms with Gasteiger partial charge in [0, 0.05) is 32.9 Å². The van der Waals surface area contributed by atoms with E-state index in [9.17, 15) is 0 Å². The second kappa shape index (κ2) is 10.6. The Kier molecular flexibility index (Phi) is 5.91. The second-order valence-electron chi connectivity index (χ2n) is 12.6. The zero-order chi connectivity index (χ0) is 31.6. The first kappa shape index (κ1) is 26.8. The van der Waals surface area contributed by atoms with Crippen LogP contribution in [0.5, 0.6) is 0 Å². The Morgan fingerprint density at radius 1 is 0.271 bits per heavy atom. The Bertz CT molecular complexity index is 2750. The maximum Gasteiger partial charge on any atom is 0.0549 e. The lowest BCUT2D eigenvalue weighted by atomic mass is 9.98. The fraction of sp³-hybridized carbons (Fsp3) is 0. The minimum absolute atomic E-state index is 1.15. The normalized spacial score (nSPS) is 11.8. The van der Waals surface area contributed by atoms with Gasteiger partial charge in [-0.05, 0) is 87.6 Å². The molecule has 224 valence electrons. The number of aromatic nitrogens is 2. The predicted octanol–water partition coefficient (Wildman–Crippen LogP) is 12.4. The topological polar surface area (TPSA) is 9.86 Å². The second-order valence-corrected chi connectivity index (χ2v) is 12.6. The quantitative estimate of drug-likeness (QED) is 0.188. The molecule has 0 fully saturated rings. The highest BCUT2D eigenvalue weighted by atomic mass is 15.0. The van der Waals surface area contributed by atoms with Gasteiger partial charge in [0.05, 0.1) is 22.1 Å². The van der Waals surface area contributed by atoms with Crippen molar-refractivity contribution in [2.45, 2.75) is 0 Å². The van der Waals surface area contributed by atoms with Crippen LogP contribution in [-0.4, -0.2) is 9.13 Å². The Morgan fingerprint density at radius 2 is 0.812 bits per heavy atom. The number of fused-ring (bicyclic) bond motifs is 8. The van der Waals surface area contributed by atoms with Gasteiger partial charge >= 0.3 is 0 Å². The van der Waals surface area contributed by atoms with Gasteiger partial charge in [0.15, 0.2) is 0 Å². The van der Waals surface area contributed by atoms with Crippen molar-refractivity contribution in [3.63, 3.8) is 0 Å². The minimum atomic E-state index is 1.15. The van der Waals surface area contributed by atoms with Crippen LogP contribution in [0.1, 0.15) is 0 Å². The first-order chi connectivity index (χ1) is 23.8. The van der Waals surface area contributed by atoms with Crippen LogP contribution in [0.2, 0.25) is 0 Å². The van der Waals surface area contributed by atoms with E-state index < -0.39 is 0 Å². The number of nitrogens with zero attached hydrogens (tertiary/aromatic N) is 2. The van der Waals surface area contributed by atoms with E-state index in [2.05, 4.69) is 191 Å². The highest BCUT2D eigenvalue weighted by Crippen LogP contribution is 2.42. The van der Waals surface area contributed by atoms with E-state index in [-0.39, 0.29) is 0 Å². The minimum Gasteiger partial charge on any atom is -0.309 e. The number of hydrogen-bond donors (Lipinski definition) is 0. The largest absolute Gasteiger partial charge is 0.309 e. The van der Waals surface area contributed by atoms with Crippen LogP contribution in [0, 0.1) is 0 Å². The predicted molar refractivity (Wildman–Crippen MR) is 203 cm³/mol. The Balaban J connectivity index is 1.36. The Hall–Kier alpha value is -6.38. The Morgan fingerprint density at radius 3 is 1.52 bits per heavy atom. The summed E-state index contributed by atoms with van der Waals surface area (Å²) in [5.41, 5.74) is 12.0. The summed E-state index contributed by atoms with van der Waals surface area (Å²) in [7, 11) is 0. The van der Waals surface area contributed by atoms with E-state index in [1.54, 1.807) is 0 Å². The third kappa shape index (κ3) is 4.06. The van der Waals surface area contributed by atoms with Crippen molar-refractivity contribution in [3.8, 4) is 33.6 Å². The molecule has 2 nitrogen and oxygen atoms in total. The van der Waals surface area contributed by atoms with E-state index in [4.69, 9.17) is 0 Å². The third-order valence-electron chi connectivity index (χ3n) is 9.85. The van der Waals surface area contributed by atoms with Crippen LogP contribution in [0.4, 0.5) is 0 Å². The van der Waals surface area contributed by atoms with Crippen LogP contribution in [0.15, 0.2) is 182 Å². The van der Waals surface area contributed by atoms with E-state index in [0.717, 1.165) is 5.69 Å². The van der Waals surface area contributed by atoms with Crippen molar-refractivity contribution >= 4 is 54.4 Å². The average Bonchev–Trinajstić information content (AvgIpc) is 3.67. The van der Waals surface area contributed by atoms with Gasteiger partial charge in [0.2, 0.25) is 0 Å². The monoisotopic (exact) mass is 610 g/mol. The van der Waals surface area contributed by atoms with Crippen LogP contribution >= 0.6 is 0 Å². The van der Waals surface area contributed by atoms with Crippen molar-refractivity contribution < 1.29 is 0 Å². The standard InChI is InChI=1S/C46H30N2/c1-4-14-31(15-5-1)34-26-35(32-16-6-2-7-17-32)28-37(27-34)48-42-23-13-12-22-39(42)40-29-45-41(30-44(40)48)46-38-21-11-10-18-33(38)24-25-43(46)47(45)36-19-8-3-9-20-36/h1-30H. The third-order valence-corrected chi connectivity index (χ3v) is 9.85. The van der Waals surface area contributed by atoms with Gasteiger partial charge in [-0.25, -0.2) is 0 Å². The summed E-state index contributed by atoms with van der Waals surface area (Å²) in [5.74, 6) is 0. The molecular formula is C46H30N2. The van der Waals surface area contributed by atoms with Crippen LogP contribution in [0.25, 0.3) is 88.0 Å². The molecule has 8 aromatic carbocycles. The molecule has 0 N–H and O–H groups in total. The number of rotatable bonds is 4. The molecule has 10 rings (SSSR count). The molecule has 0 atom stereocenters. The summed E-state index contributed by atoms with van der Waals surface area (Å²) in [5, 5.41) is 7.55. The van der Waals surface area contributed by atoms with Gasteiger partial charge in [-0.2, -0.15) is 0 Å². The molecule has 0 amide bonds. The molecule has 2 heteroatoms. The van der Waals surface area contributed by atoms with Crippen molar-refractivity contribution in [1.82, 2.24) is 9.13 Å². The molecule has 2 aromatic heterocycles. The average molecular weight is 611 g/mol. The molecule has 0 aliphatic heterocycles. The highest BCUT2D eigenvalue weighted by molar-refractivity contribution is 6.25. The van der Waals surface area contributed by atoms with Gasteiger partial charge in [-0.1, -0.05) is 127 Å². The van der Waals surface area contributed by atoms with E-state index in [0.29, 0.717) is 0 Å². The molecule has 0 aliphatic rings. The van der Waals surface area contributed by atoms with Crippen LogP contribution in [0.3, 0.4) is 0 Å². The molecule has 2 heterocycles. The summed E-state index contributed by atoms with van der Waals surface area (Å²) in [6, 6.07) is 66.2. The first-order valence-corrected chi connectivity index (χ1v) is 16.5. The van der Waals surface area contributed by atoms with Gasteiger partial charge < -0.3 is 9.13 Å². The number of hydrogen-bond acceptors (Lipinski definition) is 0. The molecule has 10 aromatic rings. The maximum atomic E-state index is 2.47. The van der Waals surface area contributed by atoms with Crippen molar-refractivity contribution in [1.29, 1.82) is 0 Å². The van der Waals surface area contributed by atoms with E-state index >= 15 is 0 Å². The summed E-state index contributed by atoms with van der Waals surface area (Å²) in [6.45, 7) is 0. The van der Waals surface area contributed by atoms with Gasteiger partial charge in [-0.3, -0.25) is 0 Å². The van der Waals surface area contributed by atoms with Gasteiger partial charge in [0.25, 0.3) is 0 Å². The summed E-state index contributed by atoms with van der Waals surface area (Å²) in [6.07, 6.45) is 0. The van der Waals surface area contributed by atoms with Crippen LogP contribution in [-0.2, 0) is 0 Å². The number of benzene rings is 8. The molecule has 0 saturated heterocycles. The summed E-state index contributed by atoms with van der Waals surface area (Å²) in [4.78, 5) is 0. The van der Waals surface area contributed by atoms with Crippen molar-refractivity contribution in [2.24, 2.45) is 0 Å². The molecule has 0 saturated carbocycles. The zero-order valence-electron chi connectivity index (χ0n) is 26.2. The smallest absolute Gasteiger partial charge is 0.0549 e. The summed E-state index contributed by atoms with van der Waals surface area (Å²) < 4.78 is 4.91. The molecular weight excluding hydrogens is 581 g/mol. The van der Waals surface area contributed by atoms with Crippen LogP contribution < -0.4 is 0 Å². The lowest BCUT2D eigenvalue weighted by Crippen LogP contribution is -1.96. The summed E-state index contributed by atoms with van der Waals surface area (Å²) >= 11 is 0. The lowest BCUT2D eigenvalue weighted by molar-refractivity contribution is 1.18. The number of para-hydroxylation sites is 2.